The van der Waals surface area contributed by atoms with Crippen molar-refractivity contribution in [3.05, 3.63) is 149 Å². The van der Waals surface area contributed by atoms with Crippen LogP contribution in [0.1, 0.15) is 37.5 Å². The Hall–Kier alpha value is -8.13. The van der Waals surface area contributed by atoms with E-state index >= 15 is 13.2 Å². The van der Waals surface area contributed by atoms with E-state index in [4.69, 9.17) is 30.4 Å². The molecule has 1 aliphatic rings. The number of benzene rings is 3. The highest BCUT2D eigenvalue weighted by Gasteiger charge is 2.43. The van der Waals surface area contributed by atoms with Gasteiger partial charge in [0.1, 0.15) is 30.3 Å². The first-order valence-corrected chi connectivity index (χ1v) is 12.0. The minimum absolute atomic E-state index is 0.858. The molecular weight excluding hydrogens is 636 g/mol. The molecule has 0 bridgehead atoms. The van der Waals surface area contributed by atoms with Crippen molar-refractivity contribution in [3.8, 4) is 30.3 Å². The van der Waals surface area contributed by atoms with Crippen LogP contribution < -0.4 is 0 Å². The van der Waals surface area contributed by atoms with Crippen molar-refractivity contribution in [3.63, 3.8) is 0 Å². The third kappa shape index (κ3) is 4.77. The summed E-state index contributed by atoms with van der Waals surface area (Å²) in [6.45, 7) is 29.6. The number of hydrogen-bond acceptors (Lipinski definition) is 5. The van der Waals surface area contributed by atoms with E-state index in [1.807, 2.05) is 0 Å². The molecule has 15 heteroatoms. The maximum absolute atomic E-state index is 15.1. The minimum atomic E-state index is -2.03. The van der Waals surface area contributed by atoms with Crippen molar-refractivity contribution in [2.24, 2.45) is 0 Å². The van der Waals surface area contributed by atoms with E-state index in [0.717, 1.165) is 0 Å². The van der Waals surface area contributed by atoms with Gasteiger partial charge in [-0.15, -0.1) is 0 Å². The largest absolute Gasteiger partial charge is 0.238 e. The quantitative estimate of drug-likeness (QED) is 0.161. The van der Waals surface area contributed by atoms with Crippen LogP contribution in [0.3, 0.4) is 0 Å². The van der Waals surface area contributed by atoms with E-state index in [0.29, 0.717) is 0 Å². The third-order valence-corrected chi connectivity index (χ3v) is 6.50. The molecule has 222 valence electrons. The Morgan fingerprint density at radius 3 is 1.35 bits per heavy atom. The summed E-state index contributed by atoms with van der Waals surface area (Å²) in [5, 5.41) is 49.4. The SMILES string of the molecule is [2H]c1c(C#N)c(F)c(F)c([N+]#[C-])c1C([N+]#[C-])=C1C(=C(\C#N)c2c([2H])c([N+]#[C-])c(F)c(F)c2C#N)/C1=C(\C#N)c1c([2H])c([N+]#[C-])c(F)c(F)c1C#N. The Labute approximate surface area is 270 Å². The number of halogens is 6. The predicted octanol–water partition coefficient (Wildman–Crippen LogP) is 8.39. The highest BCUT2D eigenvalue weighted by molar-refractivity contribution is 6.12. The van der Waals surface area contributed by atoms with Crippen LogP contribution in [-0.4, -0.2) is 0 Å². The molecule has 3 aromatic carbocycles. The zero-order valence-electron chi connectivity index (χ0n) is 25.8. The van der Waals surface area contributed by atoms with Crippen molar-refractivity contribution < 1.29 is 30.5 Å². The summed E-state index contributed by atoms with van der Waals surface area (Å²) in [5.74, 6) is -12.0. The molecule has 0 saturated heterocycles. The van der Waals surface area contributed by atoms with E-state index in [-0.39, 0.29) is 0 Å². The Bertz CT molecular complexity index is 2430. The van der Waals surface area contributed by atoms with Crippen LogP contribution in [-0.2, 0) is 0 Å². The average molecular weight is 642 g/mol. The molecule has 9 nitrogen and oxygen atoms in total. The molecule has 0 spiro atoms. The molecule has 48 heavy (non-hydrogen) atoms. The molecular formula is C33H3F6N9. The van der Waals surface area contributed by atoms with Crippen molar-refractivity contribution in [2.45, 2.75) is 0 Å². The van der Waals surface area contributed by atoms with Crippen molar-refractivity contribution >= 4 is 33.9 Å². The van der Waals surface area contributed by atoms with E-state index in [9.17, 15) is 39.5 Å². The lowest BCUT2D eigenvalue weighted by molar-refractivity contribution is 0.510. The summed E-state index contributed by atoms with van der Waals surface area (Å²) in [5.41, 5.74) is -17.5. The second-order valence-corrected chi connectivity index (χ2v) is 8.78. The van der Waals surface area contributed by atoms with Crippen LogP contribution in [0.4, 0.5) is 43.4 Å². The van der Waals surface area contributed by atoms with Gasteiger partial charge in [0, 0.05) is 13.9 Å². The molecule has 0 N–H and O–H groups in total. The smallest absolute Gasteiger partial charge is 0.225 e. The second kappa shape index (κ2) is 12.5. The molecule has 0 aliphatic heterocycles. The molecule has 0 aromatic heterocycles. The molecule has 0 heterocycles. The van der Waals surface area contributed by atoms with Crippen LogP contribution >= 0.6 is 0 Å². The van der Waals surface area contributed by atoms with Gasteiger partial charge in [0.15, 0.2) is 40.6 Å². The standard InChI is InChI=1S/C33H3F6N9/c1-45-21-6-14(19(11-43)27(35)29(21)37)17(9-41)23-24(18(10-42)15-7-22(46-2)30(38)28(36)20(15)12-44)25(23)32(47-3)16-5-13(8-40)26(34)31(39)33(16)48-4/h5-7H/b23-17-,24-18+,32-25?/i5D,6D,7D. The molecule has 0 amide bonds. The van der Waals surface area contributed by atoms with Gasteiger partial charge in [0.2, 0.25) is 17.1 Å². The summed E-state index contributed by atoms with van der Waals surface area (Å²) >= 11 is 0. The molecule has 0 unspecified atom stereocenters. The fraction of sp³-hybridized carbons (Fsp3) is 0. The monoisotopic (exact) mass is 642 g/mol. The number of nitrogens with zero attached hydrogens (tertiary/aromatic N) is 9. The number of nitriles is 5. The Balaban J connectivity index is 2.48. The van der Waals surface area contributed by atoms with Gasteiger partial charge in [0.25, 0.3) is 0 Å². The summed E-state index contributed by atoms with van der Waals surface area (Å²) < 4.78 is 114. The first kappa shape index (κ1) is 28.6. The number of allylic oxidation sites excluding steroid dienone is 5. The van der Waals surface area contributed by atoms with E-state index in [2.05, 4.69) is 19.4 Å². The first-order chi connectivity index (χ1) is 24.2. The number of hydrogen-bond donors (Lipinski definition) is 0. The molecule has 1 fully saturated rings. The fourth-order valence-corrected chi connectivity index (χ4v) is 4.41. The van der Waals surface area contributed by atoms with Crippen molar-refractivity contribution in [2.75, 3.05) is 0 Å². The Kier molecular flexibility index (Phi) is 7.44. The van der Waals surface area contributed by atoms with Gasteiger partial charge in [-0.2, -0.15) is 26.3 Å². The molecule has 0 radical (unpaired) electrons. The van der Waals surface area contributed by atoms with Gasteiger partial charge >= 0.3 is 0 Å². The number of rotatable bonds is 3. The zero-order valence-corrected chi connectivity index (χ0v) is 22.8. The zero-order chi connectivity index (χ0) is 38.2. The summed E-state index contributed by atoms with van der Waals surface area (Å²) in [4.78, 5) is 11.3. The first-order valence-electron chi connectivity index (χ1n) is 13.5. The lowest BCUT2D eigenvalue weighted by Gasteiger charge is -2.07. The van der Waals surface area contributed by atoms with E-state index in [1.54, 1.807) is 0 Å². The highest BCUT2D eigenvalue weighted by Crippen LogP contribution is 2.58. The Morgan fingerprint density at radius 1 is 0.562 bits per heavy atom. The van der Waals surface area contributed by atoms with Crippen molar-refractivity contribution in [1.82, 2.24) is 0 Å². The molecule has 1 saturated carbocycles. The minimum Gasteiger partial charge on any atom is -0.238 e. The Morgan fingerprint density at radius 2 is 1.02 bits per heavy atom. The van der Waals surface area contributed by atoms with Crippen LogP contribution in [0.25, 0.3) is 36.2 Å². The van der Waals surface area contributed by atoms with Gasteiger partial charge in [-0.3, -0.25) is 0 Å². The van der Waals surface area contributed by atoms with Gasteiger partial charge in [-0.25, -0.2) is 45.7 Å². The van der Waals surface area contributed by atoms with E-state index < -0.39 is 137 Å². The lowest BCUT2D eigenvalue weighted by atomic mass is 9.96. The molecule has 1 aliphatic carbocycles. The normalized spacial score (nSPS) is 15.1. The summed E-state index contributed by atoms with van der Waals surface area (Å²) in [6.07, 6.45) is 0. The topological polar surface area (TPSA) is 136 Å². The predicted molar refractivity (Wildman–Crippen MR) is 151 cm³/mol. The lowest BCUT2D eigenvalue weighted by Crippen LogP contribution is -1.98. The molecule has 4 rings (SSSR count). The van der Waals surface area contributed by atoms with Gasteiger partial charge in [-0.05, 0) is 34.4 Å². The van der Waals surface area contributed by atoms with Gasteiger partial charge in [-0.1, -0.05) is 6.04 Å². The van der Waals surface area contributed by atoms with E-state index in [1.165, 1.54) is 30.3 Å². The van der Waals surface area contributed by atoms with Crippen LogP contribution in [0.15, 0.2) is 34.8 Å². The average Bonchev–Trinajstić information content (AvgIpc) is 3.83. The summed E-state index contributed by atoms with van der Waals surface area (Å²) in [6, 6.07) is 2.61. The van der Waals surface area contributed by atoms with Gasteiger partial charge < -0.3 is 0 Å². The third-order valence-electron chi connectivity index (χ3n) is 6.50. The van der Waals surface area contributed by atoms with Crippen LogP contribution in [0.2, 0.25) is 0 Å². The summed E-state index contributed by atoms with van der Waals surface area (Å²) in [7, 11) is 0. The maximum Gasteiger partial charge on any atom is 0.225 e. The maximum atomic E-state index is 15.1. The second-order valence-electron chi connectivity index (χ2n) is 8.78. The van der Waals surface area contributed by atoms with Gasteiger partial charge in [0.05, 0.1) is 55.5 Å². The fourth-order valence-electron chi connectivity index (χ4n) is 4.41. The molecule has 0 atom stereocenters. The highest BCUT2D eigenvalue weighted by atomic mass is 19.2. The van der Waals surface area contributed by atoms with Crippen molar-refractivity contribution in [1.29, 1.82) is 26.3 Å². The molecule has 3 aromatic rings. The van der Waals surface area contributed by atoms with Crippen LogP contribution in [0.5, 0.6) is 0 Å². The van der Waals surface area contributed by atoms with Crippen LogP contribution in [0, 0.1) is 118 Å².